The number of benzene rings is 1. The number of aryl methyl sites for hydroxylation is 1. The van der Waals surface area contributed by atoms with Gasteiger partial charge in [-0.15, -0.1) is 0 Å². The van der Waals surface area contributed by atoms with Crippen molar-refractivity contribution in [3.63, 3.8) is 0 Å². The average Bonchev–Trinajstić information content (AvgIpc) is 3.05. The summed E-state index contributed by atoms with van der Waals surface area (Å²) in [7, 11) is 1.71. The second kappa shape index (κ2) is 9.65. The number of aliphatic imine (C=N–C) groups is 1. The minimum atomic E-state index is 0.0144. The fourth-order valence-corrected chi connectivity index (χ4v) is 2.39. The molecule has 0 radical (unpaired) electrons. The van der Waals surface area contributed by atoms with E-state index in [1.807, 2.05) is 32.0 Å². The van der Waals surface area contributed by atoms with Crippen molar-refractivity contribution >= 4 is 5.96 Å². The first-order valence-electron chi connectivity index (χ1n) is 8.73. The highest BCUT2D eigenvalue weighted by Gasteiger charge is 2.13. The largest absolute Gasteiger partial charge is 0.490 e. The van der Waals surface area contributed by atoms with Crippen LogP contribution in [0.5, 0.6) is 11.5 Å². The quantitative estimate of drug-likeness (QED) is 0.551. The van der Waals surface area contributed by atoms with Crippen molar-refractivity contribution in [3.8, 4) is 11.5 Å². The monoisotopic (exact) mass is 361 g/mol. The van der Waals surface area contributed by atoms with Crippen molar-refractivity contribution in [2.24, 2.45) is 4.99 Å². The smallest absolute Gasteiger partial charge is 0.246 e. The summed E-state index contributed by atoms with van der Waals surface area (Å²) in [6.07, 6.45) is 0. The molecule has 0 aliphatic carbocycles. The molecule has 1 atom stereocenters. The second-order valence-electron chi connectivity index (χ2n) is 5.60. The van der Waals surface area contributed by atoms with Crippen molar-refractivity contribution in [2.45, 2.75) is 40.3 Å². The lowest BCUT2D eigenvalue weighted by molar-refractivity contribution is 0.287. The van der Waals surface area contributed by atoms with E-state index in [0.29, 0.717) is 37.4 Å². The Kier molecular flexibility index (Phi) is 7.25. The molecule has 8 heteroatoms. The van der Waals surface area contributed by atoms with Crippen LogP contribution in [0.15, 0.2) is 27.7 Å². The van der Waals surface area contributed by atoms with Gasteiger partial charge in [-0.1, -0.05) is 11.2 Å². The van der Waals surface area contributed by atoms with Crippen LogP contribution in [0.25, 0.3) is 0 Å². The molecule has 142 valence electrons. The van der Waals surface area contributed by atoms with Crippen molar-refractivity contribution < 1.29 is 14.0 Å². The third kappa shape index (κ3) is 5.37. The molecular formula is C18H27N5O3. The summed E-state index contributed by atoms with van der Waals surface area (Å²) < 4.78 is 16.4. The molecule has 1 heterocycles. The Morgan fingerprint density at radius 2 is 1.96 bits per heavy atom. The summed E-state index contributed by atoms with van der Waals surface area (Å²) in [5.41, 5.74) is 1.06. The molecule has 0 spiro atoms. The Balaban J connectivity index is 2.02. The molecule has 0 amide bonds. The second-order valence-corrected chi connectivity index (χ2v) is 5.60. The predicted octanol–water partition coefficient (Wildman–Crippen LogP) is 2.60. The Labute approximate surface area is 154 Å². The molecule has 0 saturated heterocycles. The molecule has 2 N–H and O–H groups in total. The first kappa shape index (κ1) is 19.6. The van der Waals surface area contributed by atoms with Gasteiger partial charge in [0.15, 0.2) is 23.3 Å². The summed E-state index contributed by atoms with van der Waals surface area (Å²) in [5.74, 6) is 3.25. The standard InChI is InChI=1S/C18H27N5O3/c1-6-24-15-9-8-14(10-16(15)25-7-2)12(3)21-18(19-5)20-11-17-22-13(4)23-26-17/h8-10,12H,6-7,11H2,1-5H3,(H2,19,20,21). The number of hydrogen-bond donors (Lipinski definition) is 2. The zero-order chi connectivity index (χ0) is 18.9. The Hall–Kier alpha value is -2.77. The summed E-state index contributed by atoms with van der Waals surface area (Å²) in [6, 6.07) is 5.94. The molecular weight excluding hydrogens is 334 g/mol. The van der Waals surface area contributed by atoms with E-state index in [9.17, 15) is 0 Å². The number of ether oxygens (including phenoxy) is 2. The van der Waals surface area contributed by atoms with Crippen LogP contribution in [-0.4, -0.2) is 36.4 Å². The van der Waals surface area contributed by atoms with Crippen LogP contribution in [0.4, 0.5) is 0 Å². The molecule has 1 unspecified atom stereocenters. The molecule has 0 aliphatic rings. The minimum absolute atomic E-state index is 0.0144. The van der Waals surface area contributed by atoms with E-state index in [1.54, 1.807) is 14.0 Å². The van der Waals surface area contributed by atoms with Gasteiger partial charge >= 0.3 is 0 Å². The number of nitrogens with one attached hydrogen (secondary N) is 2. The molecule has 8 nitrogen and oxygen atoms in total. The number of nitrogens with zero attached hydrogens (tertiary/aromatic N) is 3. The van der Waals surface area contributed by atoms with E-state index in [1.165, 1.54) is 0 Å². The molecule has 1 aromatic carbocycles. The molecule has 0 bridgehead atoms. The van der Waals surface area contributed by atoms with Crippen LogP contribution in [0, 0.1) is 6.92 Å². The van der Waals surface area contributed by atoms with Crippen LogP contribution < -0.4 is 20.1 Å². The Bertz CT molecular complexity index is 729. The fraction of sp³-hybridized carbons (Fsp3) is 0.500. The van der Waals surface area contributed by atoms with Gasteiger partial charge in [0.2, 0.25) is 5.89 Å². The van der Waals surface area contributed by atoms with Gasteiger partial charge in [0.1, 0.15) is 0 Å². The van der Waals surface area contributed by atoms with Gasteiger partial charge in [-0.25, -0.2) is 0 Å². The first-order chi connectivity index (χ1) is 12.6. The van der Waals surface area contributed by atoms with Crippen LogP contribution in [0.2, 0.25) is 0 Å². The lowest BCUT2D eigenvalue weighted by atomic mass is 10.1. The SMILES string of the molecule is CCOc1ccc(C(C)NC(=NC)NCc2nc(C)no2)cc1OCC. The number of hydrogen-bond acceptors (Lipinski definition) is 6. The maximum absolute atomic E-state index is 5.69. The topological polar surface area (TPSA) is 93.8 Å². The number of guanidine groups is 1. The van der Waals surface area contributed by atoms with Crippen molar-refractivity contribution in [1.29, 1.82) is 0 Å². The van der Waals surface area contributed by atoms with E-state index in [-0.39, 0.29) is 6.04 Å². The molecule has 26 heavy (non-hydrogen) atoms. The highest BCUT2D eigenvalue weighted by atomic mass is 16.5. The Morgan fingerprint density at radius 3 is 2.58 bits per heavy atom. The molecule has 2 aromatic rings. The molecule has 1 aromatic heterocycles. The lowest BCUT2D eigenvalue weighted by Gasteiger charge is -2.19. The van der Waals surface area contributed by atoms with Crippen molar-refractivity contribution in [1.82, 2.24) is 20.8 Å². The number of aromatic nitrogens is 2. The van der Waals surface area contributed by atoms with Gasteiger partial charge in [-0.05, 0) is 45.4 Å². The van der Waals surface area contributed by atoms with E-state index in [0.717, 1.165) is 17.1 Å². The van der Waals surface area contributed by atoms with E-state index < -0.39 is 0 Å². The van der Waals surface area contributed by atoms with Gasteiger partial charge < -0.3 is 24.6 Å². The van der Waals surface area contributed by atoms with E-state index in [2.05, 4.69) is 32.7 Å². The third-order valence-corrected chi connectivity index (χ3v) is 3.62. The summed E-state index contributed by atoms with van der Waals surface area (Å²) in [5, 5.41) is 10.3. The summed E-state index contributed by atoms with van der Waals surface area (Å²) in [4.78, 5) is 8.39. The van der Waals surface area contributed by atoms with Gasteiger partial charge in [0.25, 0.3) is 0 Å². The fourth-order valence-electron chi connectivity index (χ4n) is 2.39. The Morgan fingerprint density at radius 1 is 1.23 bits per heavy atom. The maximum atomic E-state index is 5.69. The highest BCUT2D eigenvalue weighted by Crippen LogP contribution is 2.30. The van der Waals surface area contributed by atoms with E-state index in [4.69, 9.17) is 14.0 Å². The highest BCUT2D eigenvalue weighted by molar-refractivity contribution is 5.80. The third-order valence-electron chi connectivity index (χ3n) is 3.62. The van der Waals surface area contributed by atoms with Gasteiger partial charge in [-0.3, -0.25) is 4.99 Å². The van der Waals surface area contributed by atoms with Gasteiger partial charge in [0, 0.05) is 7.05 Å². The van der Waals surface area contributed by atoms with Crippen LogP contribution in [0.3, 0.4) is 0 Å². The van der Waals surface area contributed by atoms with Gasteiger partial charge in [-0.2, -0.15) is 4.98 Å². The molecule has 0 aliphatic heterocycles. The molecule has 0 fully saturated rings. The molecule has 2 rings (SSSR count). The minimum Gasteiger partial charge on any atom is -0.490 e. The van der Waals surface area contributed by atoms with Crippen LogP contribution >= 0.6 is 0 Å². The normalized spacial score (nSPS) is 12.6. The number of rotatable bonds is 8. The van der Waals surface area contributed by atoms with Crippen molar-refractivity contribution in [3.05, 3.63) is 35.5 Å². The maximum Gasteiger partial charge on any atom is 0.246 e. The van der Waals surface area contributed by atoms with Crippen LogP contribution in [-0.2, 0) is 6.54 Å². The first-order valence-corrected chi connectivity index (χ1v) is 8.73. The summed E-state index contributed by atoms with van der Waals surface area (Å²) in [6.45, 7) is 9.32. The average molecular weight is 361 g/mol. The van der Waals surface area contributed by atoms with E-state index >= 15 is 0 Å². The summed E-state index contributed by atoms with van der Waals surface area (Å²) >= 11 is 0. The zero-order valence-electron chi connectivity index (χ0n) is 16.0. The molecule has 0 saturated carbocycles. The van der Waals surface area contributed by atoms with Crippen LogP contribution in [0.1, 0.15) is 44.1 Å². The van der Waals surface area contributed by atoms with Crippen molar-refractivity contribution in [2.75, 3.05) is 20.3 Å². The predicted molar refractivity (Wildman–Crippen MR) is 99.6 cm³/mol. The lowest BCUT2D eigenvalue weighted by Crippen LogP contribution is -2.38. The zero-order valence-corrected chi connectivity index (χ0v) is 16.0. The van der Waals surface area contributed by atoms with Gasteiger partial charge in [0.05, 0.1) is 25.8 Å².